The fourth-order valence-corrected chi connectivity index (χ4v) is 5.94. The van der Waals surface area contributed by atoms with E-state index in [9.17, 15) is 13.2 Å². The molecule has 1 unspecified atom stereocenters. The fourth-order valence-electron chi connectivity index (χ4n) is 4.49. The van der Waals surface area contributed by atoms with Crippen LogP contribution in [0.25, 0.3) is 0 Å². The first-order chi connectivity index (χ1) is 15.9. The van der Waals surface area contributed by atoms with Gasteiger partial charge in [0.1, 0.15) is 0 Å². The van der Waals surface area contributed by atoms with E-state index in [4.69, 9.17) is 4.74 Å². The SMILES string of the molecule is Cc1ccc(C(CNCC(=O)c2cccc(S(=O)(=O)N3CCOCC3)c2)N2CCCC2)cc1. The van der Waals surface area contributed by atoms with E-state index in [1.807, 2.05) is 0 Å². The first kappa shape index (κ1) is 24.0. The second-order valence-electron chi connectivity index (χ2n) is 8.77. The zero-order valence-corrected chi connectivity index (χ0v) is 20.0. The standard InChI is InChI=1S/C25H33N3O4S/c1-20-7-9-21(10-8-20)24(27-11-2-3-12-27)18-26-19-25(29)22-5-4-6-23(17-22)33(30,31)28-13-15-32-16-14-28/h4-10,17,24,26H,2-3,11-16,18-19H2,1H3. The number of rotatable bonds is 9. The van der Waals surface area contributed by atoms with E-state index in [-0.39, 0.29) is 23.3 Å². The summed E-state index contributed by atoms with van der Waals surface area (Å²) in [6.45, 7) is 6.49. The maximum atomic E-state index is 12.9. The first-order valence-electron chi connectivity index (χ1n) is 11.7. The summed E-state index contributed by atoms with van der Waals surface area (Å²) in [6.07, 6.45) is 2.40. The molecule has 0 radical (unpaired) electrons. The zero-order valence-electron chi connectivity index (χ0n) is 19.2. The Morgan fingerprint density at radius 3 is 2.42 bits per heavy atom. The van der Waals surface area contributed by atoms with Crippen molar-refractivity contribution in [3.63, 3.8) is 0 Å². The number of likely N-dealkylation sites (tertiary alicyclic amines) is 1. The van der Waals surface area contributed by atoms with Crippen molar-refractivity contribution < 1.29 is 17.9 Å². The van der Waals surface area contributed by atoms with Crippen LogP contribution in [0.4, 0.5) is 0 Å². The third-order valence-corrected chi connectivity index (χ3v) is 8.33. The molecule has 2 heterocycles. The summed E-state index contributed by atoms with van der Waals surface area (Å²) in [7, 11) is -3.63. The summed E-state index contributed by atoms with van der Waals surface area (Å²) in [6, 6.07) is 15.2. The predicted molar refractivity (Wildman–Crippen MR) is 128 cm³/mol. The number of nitrogens with one attached hydrogen (secondary N) is 1. The lowest BCUT2D eigenvalue weighted by molar-refractivity contribution is 0.0730. The van der Waals surface area contributed by atoms with Gasteiger partial charge in [-0.25, -0.2) is 8.42 Å². The lowest BCUT2D eigenvalue weighted by Gasteiger charge is -2.28. The van der Waals surface area contributed by atoms with Gasteiger partial charge < -0.3 is 10.1 Å². The van der Waals surface area contributed by atoms with Crippen LogP contribution in [0.3, 0.4) is 0 Å². The Balaban J connectivity index is 1.40. The number of morpholine rings is 1. The predicted octanol–water partition coefficient (Wildman–Crippen LogP) is 2.63. The zero-order chi connectivity index (χ0) is 23.3. The minimum atomic E-state index is -3.63. The summed E-state index contributed by atoms with van der Waals surface area (Å²) in [5.41, 5.74) is 2.89. The van der Waals surface area contributed by atoms with Crippen LogP contribution in [0, 0.1) is 6.92 Å². The van der Waals surface area contributed by atoms with E-state index in [2.05, 4.69) is 41.4 Å². The molecule has 1 atom stereocenters. The number of hydrogen-bond acceptors (Lipinski definition) is 6. The van der Waals surface area contributed by atoms with Crippen molar-refractivity contribution in [2.75, 3.05) is 52.5 Å². The highest BCUT2D eigenvalue weighted by atomic mass is 32.2. The maximum Gasteiger partial charge on any atom is 0.243 e. The summed E-state index contributed by atoms with van der Waals surface area (Å²) < 4.78 is 32.5. The van der Waals surface area contributed by atoms with E-state index in [0.717, 1.165) is 13.1 Å². The molecule has 33 heavy (non-hydrogen) atoms. The van der Waals surface area contributed by atoms with Crippen LogP contribution in [0.5, 0.6) is 0 Å². The number of hydrogen-bond donors (Lipinski definition) is 1. The van der Waals surface area contributed by atoms with Gasteiger partial charge in [0.25, 0.3) is 0 Å². The Morgan fingerprint density at radius 2 is 1.73 bits per heavy atom. The number of carbonyl (C=O) groups excluding carboxylic acids is 1. The number of ether oxygens (including phenoxy) is 1. The number of aryl methyl sites for hydroxylation is 1. The molecule has 0 aromatic heterocycles. The molecule has 1 N–H and O–H groups in total. The summed E-state index contributed by atoms with van der Waals surface area (Å²) in [4.78, 5) is 15.5. The number of Topliss-reactive ketones (excluding diaryl/α,β-unsaturated/α-hetero) is 1. The fraction of sp³-hybridized carbons (Fsp3) is 0.480. The molecule has 2 fully saturated rings. The quantitative estimate of drug-likeness (QED) is 0.567. The number of ketones is 1. The van der Waals surface area contributed by atoms with Crippen molar-refractivity contribution in [3.05, 3.63) is 65.2 Å². The van der Waals surface area contributed by atoms with E-state index < -0.39 is 10.0 Å². The number of carbonyl (C=O) groups is 1. The highest BCUT2D eigenvalue weighted by Gasteiger charge is 2.27. The molecule has 7 nitrogen and oxygen atoms in total. The van der Waals surface area contributed by atoms with Crippen molar-refractivity contribution in [1.29, 1.82) is 0 Å². The van der Waals surface area contributed by atoms with Gasteiger partial charge in [0, 0.05) is 31.2 Å². The molecule has 178 valence electrons. The van der Waals surface area contributed by atoms with Crippen LogP contribution in [0.15, 0.2) is 53.4 Å². The van der Waals surface area contributed by atoms with Gasteiger partial charge in [0.05, 0.1) is 24.7 Å². The third kappa shape index (κ3) is 5.88. The number of sulfonamides is 1. The van der Waals surface area contributed by atoms with Crippen LogP contribution in [0.1, 0.15) is 40.4 Å². The molecular weight excluding hydrogens is 438 g/mol. The average molecular weight is 472 g/mol. The van der Waals surface area contributed by atoms with Crippen molar-refractivity contribution >= 4 is 15.8 Å². The minimum Gasteiger partial charge on any atom is -0.379 e. The van der Waals surface area contributed by atoms with E-state index in [0.29, 0.717) is 38.4 Å². The van der Waals surface area contributed by atoms with Gasteiger partial charge in [-0.2, -0.15) is 4.31 Å². The normalized spacial score (nSPS) is 18.9. The summed E-state index contributed by atoms with van der Waals surface area (Å²) in [5, 5.41) is 3.33. The molecule has 8 heteroatoms. The Morgan fingerprint density at radius 1 is 1.03 bits per heavy atom. The van der Waals surface area contributed by atoms with Gasteiger partial charge in [-0.05, 0) is 50.6 Å². The van der Waals surface area contributed by atoms with E-state index in [1.54, 1.807) is 18.2 Å². The average Bonchev–Trinajstić information content (AvgIpc) is 3.38. The second kappa shape index (κ2) is 10.9. The minimum absolute atomic E-state index is 0.113. The molecule has 2 saturated heterocycles. The van der Waals surface area contributed by atoms with Gasteiger partial charge in [0.15, 0.2) is 5.78 Å². The molecule has 2 aliphatic rings. The van der Waals surface area contributed by atoms with Crippen LogP contribution in [-0.2, 0) is 14.8 Å². The Bertz CT molecular complexity index is 1040. The molecule has 0 aliphatic carbocycles. The van der Waals surface area contributed by atoms with Crippen molar-refractivity contribution in [2.24, 2.45) is 0 Å². The molecule has 4 rings (SSSR count). The molecule has 0 bridgehead atoms. The number of benzene rings is 2. The Kier molecular flexibility index (Phi) is 7.93. The third-order valence-electron chi connectivity index (χ3n) is 6.43. The van der Waals surface area contributed by atoms with Gasteiger partial charge in [-0.3, -0.25) is 9.69 Å². The summed E-state index contributed by atoms with van der Waals surface area (Å²) >= 11 is 0. The Hall–Kier alpha value is -2.10. The molecule has 2 aromatic rings. The van der Waals surface area contributed by atoms with Crippen molar-refractivity contribution in [3.8, 4) is 0 Å². The van der Waals surface area contributed by atoms with Gasteiger partial charge in [-0.1, -0.05) is 42.0 Å². The van der Waals surface area contributed by atoms with Crippen LogP contribution < -0.4 is 5.32 Å². The first-order valence-corrected chi connectivity index (χ1v) is 13.1. The van der Waals surface area contributed by atoms with E-state index in [1.165, 1.54) is 34.3 Å². The molecule has 0 saturated carbocycles. The molecule has 0 spiro atoms. The lowest BCUT2D eigenvalue weighted by Crippen LogP contribution is -2.40. The molecule has 0 amide bonds. The van der Waals surface area contributed by atoms with Crippen LogP contribution in [0.2, 0.25) is 0 Å². The second-order valence-corrected chi connectivity index (χ2v) is 10.7. The highest BCUT2D eigenvalue weighted by molar-refractivity contribution is 7.89. The largest absolute Gasteiger partial charge is 0.379 e. The van der Waals surface area contributed by atoms with Crippen LogP contribution >= 0.6 is 0 Å². The van der Waals surface area contributed by atoms with Gasteiger partial charge in [-0.15, -0.1) is 0 Å². The number of nitrogens with zero attached hydrogens (tertiary/aromatic N) is 2. The van der Waals surface area contributed by atoms with E-state index >= 15 is 0 Å². The molecule has 2 aromatic carbocycles. The summed E-state index contributed by atoms with van der Waals surface area (Å²) in [5.74, 6) is -0.113. The van der Waals surface area contributed by atoms with Gasteiger partial charge >= 0.3 is 0 Å². The van der Waals surface area contributed by atoms with Crippen LogP contribution in [-0.4, -0.2) is 75.9 Å². The smallest absolute Gasteiger partial charge is 0.243 e. The van der Waals surface area contributed by atoms with Crippen molar-refractivity contribution in [1.82, 2.24) is 14.5 Å². The Labute approximate surface area is 196 Å². The molecular formula is C25H33N3O4S. The highest BCUT2D eigenvalue weighted by Crippen LogP contribution is 2.25. The van der Waals surface area contributed by atoms with Crippen molar-refractivity contribution in [2.45, 2.75) is 30.7 Å². The lowest BCUT2D eigenvalue weighted by atomic mass is 10.0. The topological polar surface area (TPSA) is 79.0 Å². The molecule has 2 aliphatic heterocycles. The maximum absolute atomic E-state index is 12.9. The van der Waals surface area contributed by atoms with Gasteiger partial charge in [0.2, 0.25) is 10.0 Å². The monoisotopic (exact) mass is 471 g/mol.